The molecule has 4 aliphatic rings. The molecule has 2 amide bonds. The van der Waals surface area contributed by atoms with Gasteiger partial charge in [-0.25, -0.2) is 0 Å². The van der Waals surface area contributed by atoms with Gasteiger partial charge in [-0.05, 0) is 56.9 Å². The highest BCUT2D eigenvalue weighted by Crippen LogP contribution is 2.34. The van der Waals surface area contributed by atoms with E-state index in [4.69, 9.17) is 5.73 Å². The van der Waals surface area contributed by atoms with Crippen LogP contribution in [-0.2, 0) is 9.59 Å². The topological polar surface area (TPSA) is 79.0 Å². The van der Waals surface area contributed by atoms with Gasteiger partial charge in [-0.2, -0.15) is 0 Å². The summed E-state index contributed by atoms with van der Waals surface area (Å²) in [5.41, 5.74) is 9.35. The van der Waals surface area contributed by atoms with Crippen LogP contribution in [0.4, 0.5) is 5.69 Å². The summed E-state index contributed by atoms with van der Waals surface area (Å²) in [6.07, 6.45) is 3.91. The Kier molecular flexibility index (Phi) is 4.76. The Morgan fingerprint density at radius 1 is 1.15 bits per heavy atom. The summed E-state index contributed by atoms with van der Waals surface area (Å²) < 4.78 is 0. The first kappa shape index (κ1) is 18.2. The Bertz CT molecular complexity index is 781. The maximum absolute atomic E-state index is 13.2. The van der Waals surface area contributed by atoms with Crippen LogP contribution in [0.1, 0.15) is 43.7 Å². The van der Waals surface area contributed by atoms with Crippen molar-refractivity contribution < 1.29 is 9.59 Å². The molecule has 144 valence electrons. The highest BCUT2D eigenvalue weighted by atomic mass is 16.2. The van der Waals surface area contributed by atoms with E-state index in [9.17, 15) is 9.59 Å². The minimum absolute atomic E-state index is 0.0168. The third-order valence-electron chi connectivity index (χ3n) is 6.32. The molecule has 6 heteroatoms. The number of benzene rings is 1. The number of anilines is 1. The number of nitrogens with zero attached hydrogens (tertiary/aromatic N) is 3. The number of carbonyl (C=O) groups is 2. The van der Waals surface area contributed by atoms with E-state index in [-0.39, 0.29) is 18.4 Å². The average molecular weight is 368 g/mol. The standard InChI is InChI=1S/C21H28N4O2/c1-13-4-3-5-17-14(2)23-20(22)21(27)25(19(13)17)12-18(26)24-10-15-6-7-16(11-24)9-8-15/h3-5,15-16,20H,6-12,22H2,1-2H3. The summed E-state index contributed by atoms with van der Waals surface area (Å²) in [6.45, 7) is 5.49. The summed E-state index contributed by atoms with van der Waals surface area (Å²) >= 11 is 0. The van der Waals surface area contributed by atoms with Crippen LogP contribution in [0.3, 0.4) is 0 Å². The number of aliphatic imine (C=N–C) groups is 1. The van der Waals surface area contributed by atoms with Gasteiger partial charge in [0.2, 0.25) is 5.91 Å². The number of hydrogen-bond donors (Lipinski definition) is 1. The maximum Gasteiger partial charge on any atom is 0.266 e. The van der Waals surface area contributed by atoms with Crippen LogP contribution in [-0.4, -0.2) is 48.2 Å². The molecule has 0 aromatic heterocycles. The molecular weight excluding hydrogens is 340 g/mol. The SMILES string of the molecule is CC1=NC(N)C(=O)N(CC(=O)N2CC3CCC(CC3)C2)c2c(C)cccc21. The summed E-state index contributed by atoms with van der Waals surface area (Å²) in [7, 11) is 0. The van der Waals surface area contributed by atoms with E-state index < -0.39 is 6.17 Å². The molecule has 6 nitrogen and oxygen atoms in total. The summed E-state index contributed by atoms with van der Waals surface area (Å²) in [5, 5.41) is 0. The molecular formula is C21H28N4O2. The number of aryl methyl sites for hydroxylation is 1. The van der Waals surface area contributed by atoms with Gasteiger partial charge < -0.3 is 10.6 Å². The van der Waals surface area contributed by atoms with Crippen molar-refractivity contribution in [3.8, 4) is 0 Å². The Morgan fingerprint density at radius 2 is 1.78 bits per heavy atom. The molecule has 1 saturated carbocycles. The van der Waals surface area contributed by atoms with Crippen molar-refractivity contribution in [1.82, 2.24) is 4.90 Å². The van der Waals surface area contributed by atoms with Crippen LogP contribution in [0.5, 0.6) is 0 Å². The van der Waals surface area contributed by atoms with Gasteiger partial charge in [0.25, 0.3) is 5.91 Å². The van der Waals surface area contributed by atoms with Crippen LogP contribution >= 0.6 is 0 Å². The molecule has 1 aliphatic carbocycles. The van der Waals surface area contributed by atoms with Crippen molar-refractivity contribution in [3.05, 3.63) is 29.3 Å². The number of benzodiazepines with no additional fused rings is 1. The van der Waals surface area contributed by atoms with Crippen molar-refractivity contribution in [2.75, 3.05) is 24.5 Å². The monoisotopic (exact) mass is 368 g/mol. The highest BCUT2D eigenvalue weighted by molar-refractivity contribution is 6.13. The van der Waals surface area contributed by atoms with Gasteiger partial charge in [-0.15, -0.1) is 0 Å². The Labute approximate surface area is 160 Å². The lowest BCUT2D eigenvalue weighted by Gasteiger charge is -2.29. The number of rotatable bonds is 2. The van der Waals surface area contributed by atoms with Gasteiger partial charge >= 0.3 is 0 Å². The van der Waals surface area contributed by atoms with Crippen molar-refractivity contribution in [1.29, 1.82) is 0 Å². The van der Waals surface area contributed by atoms with E-state index in [1.807, 2.05) is 36.9 Å². The van der Waals surface area contributed by atoms with E-state index >= 15 is 0 Å². The van der Waals surface area contributed by atoms with Gasteiger partial charge in [-0.1, -0.05) is 18.2 Å². The average Bonchev–Trinajstić information content (AvgIpc) is 3.02. The number of para-hydroxylation sites is 1. The van der Waals surface area contributed by atoms with Gasteiger partial charge in [0.05, 0.1) is 5.69 Å². The van der Waals surface area contributed by atoms with Crippen LogP contribution in [0, 0.1) is 18.8 Å². The van der Waals surface area contributed by atoms with E-state index in [0.29, 0.717) is 11.8 Å². The lowest BCUT2D eigenvalue weighted by molar-refractivity contribution is -0.132. The Hall–Kier alpha value is -2.21. The number of nitrogens with two attached hydrogens (primary N) is 1. The lowest BCUT2D eigenvalue weighted by Crippen LogP contribution is -2.49. The number of amides is 2. The fraction of sp³-hybridized carbons (Fsp3) is 0.571. The summed E-state index contributed by atoms with van der Waals surface area (Å²) in [5.74, 6) is 0.917. The van der Waals surface area contributed by atoms with Crippen molar-refractivity contribution in [3.63, 3.8) is 0 Å². The highest BCUT2D eigenvalue weighted by Gasteiger charge is 2.35. The molecule has 5 rings (SSSR count). The predicted octanol–water partition coefficient (Wildman–Crippen LogP) is 2.08. The van der Waals surface area contributed by atoms with Crippen LogP contribution < -0.4 is 10.6 Å². The predicted molar refractivity (Wildman–Crippen MR) is 106 cm³/mol. The first-order chi connectivity index (χ1) is 12.9. The first-order valence-corrected chi connectivity index (χ1v) is 9.93. The third-order valence-corrected chi connectivity index (χ3v) is 6.32. The molecule has 3 aliphatic heterocycles. The normalized spacial score (nSPS) is 27.7. The second-order valence-electron chi connectivity index (χ2n) is 8.24. The van der Waals surface area contributed by atoms with Crippen LogP contribution in [0.25, 0.3) is 0 Å². The first-order valence-electron chi connectivity index (χ1n) is 9.93. The minimum atomic E-state index is -0.968. The molecule has 1 unspecified atom stereocenters. The molecule has 3 heterocycles. The molecule has 1 aromatic carbocycles. The second kappa shape index (κ2) is 7.08. The van der Waals surface area contributed by atoms with E-state index in [1.54, 1.807) is 4.90 Å². The van der Waals surface area contributed by atoms with E-state index in [2.05, 4.69) is 4.99 Å². The summed E-state index contributed by atoms with van der Waals surface area (Å²) in [4.78, 5) is 34.0. The van der Waals surface area contributed by atoms with Gasteiger partial charge in [0, 0.05) is 24.4 Å². The number of fused-ring (bicyclic) bond motifs is 5. The Balaban J connectivity index is 1.63. The van der Waals surface area contributed by atoms with Gasteiger partial charge in [0.15, 0.2) is 6.17 Å². The van der Waals surface area contributed by atoms with Crippen LogP contribution in [0.15, 0.2) is 23.2 Å². The summed E-state index contributed by atoms with van der Waals surface area (Å²) in [6, 6.07) is 5.84. The van der Waals surface area contributed by atoms with Crippen LogP contribution in [0.2, 0.25) is 0 Å². The van der Waals surface area contributed by atoms with Crippen molar-refractivity contribution in [2.45, 2.75) is 45.7 Å². The fourth-order valence-corrected chi connectivity index (χ4v) is 4.80. The number of hydrogen-bond acceptors (Lipinski definition) is 4. The second-order valence-corrected chi connectivity index (χ2v) is 8.24. The lowest BCUT2D eigenvalue weighted by atomic mass is 9.84. The van der Waals surface area contributed by atoms with Gasteiger partial charge in [0.1, 0.15) is 6.54 Å². The zero-order valence-corrected chi connectivity index (χ0v) is 16.1. The van der Waals surface area contributed by atoms with Crippen molar-refractivity contribution >= 4 is 23.2 Å². The third kappa shape index (κ3) is 3.38. The molecule has 1 atom stereocenters. The molecule has 0 spiro atoms. The maximum atomic E-state index is 13.2. The Morgan fingerprint density at radius 3 is 2.41 bits per heavy atom. The molecule has 0 radical (unpaired) electrons. The van der Waals surface area contributed by atoms with E-state index in [0.717, 1.165) is 35.6 Å². The fourth-order valence-electron chi connectivity index (χ4n) is 4.80. The largest absolute Gasteiger partial charge is 0.341 e. The van der Waals surface area contributed by atoms with E-state index in [1.165, 1.54) is 25.7 Å². The minimum Gasteiger partial charge on any atom is -0.341 e. The van der Waals surface area contributed by atoms with Gasteiger partial charge in [-0.3, -0.25) is 19.5 Å². The zero-order chi connectivity index (χ0) is 19.1. The molecule has 2 saturated heterocycles. The smallest absolute Gasteiger partial charge is 0.266 e. The molecule has 1 aromatic rings. The van der Waals surface area contributed by atoms with Crippen molar-refractivity contribution in [2.24, 2.45) is 22.6 Å². The molecule has 2 N–H and O–H groups in total. The molecule has 3 fully saturated rings. The number of carbonyl (C=O) groups excluding carboxylic acids is 2. The quantitative estimate of drug-likeness (QED) is 0.868. The zero-order valence-electron chi connectivity index (χ0n) is 16.1. The molecule has 2 bridgehead atoms. The molecule has 27 heavy (non-hydrogen) atoms.